The number of nitrogens with zero attached hydrogens (tertiary/aromatic N) is 4. The second-order valence-electron chi connectivity index (χ2n) is 6.88. The molecule has 0 spiro atoms. The summed E-state index contributed by atoms with van der Waals surface area (Å²) in [5.41, 5.74) is 0.740. The van der Waals surface area contributed by atoms with Crippen LogP contribution in [0.5, 0.6) is 0 Å². The standard InChI is InChI=1S/C21H14ClN5O6S/c22-14-4-3-12(8-16(14)27(31)32)9-18-20(29)26(21(30)34-18)7-6-24-19(28)15-10-17(33-25-15)13-2-1-5-23-11-13/h1-5,8-11H,6-7H2,(H,24,28)/b18-9-. The molecule has 3 amide bonds. The number of carbonyl (C=O) groups excluding carboxylic acids is 3. The number of nitro groups is 1. The largest absolute Gasteiger partial charge is 0.355 e. The summed E-state index contributed by atoms with van der Waals surface area (Å²) in [6.45, 7) is -0.0759. The van der Waals surface area contributed by atoms with Gasteiger partial charge in [0.25, 0.3) is 22.7 Å². The van der Waals surface area contributed by atoms with Gasteiger partial charge in [-0.25, -0.2) is 0 Å². The van der Waals surface area contributed by atoms with Crippen molar-refractivity contribution < 1.29 is 23.8 Å². The highest BCUT2D eigenvalue weighted by Gasteiger charge is 2.34. The van der Waals surface area contributed by atoms with E-state index in [4.69, 9.17) is 16.1 Å². The molecule has 13 heteroatoms. The van der Waals surface area contributed by atoms with Crippen molar-refractivity contribution in [3.63, 3.8) is 0 Å². The van der Waals surface area contributed by atoms with Crippen LogP contribution in [0.15, 0.2) is 58.2 Å². The molecule has 11 nitrogen and oxygen atoms in total. The van der Waals surface area contributed by atoms with Gasteiger partial charge in [-0.05, 0) is 41.6 Å². The Bertz CT molecular complexity index is 1330. The molecular weight excluding hydrogens is 486 g/mol. The zero-order valence-corrected chi connectivity index (χ0v) is 18.7. The van der Waals surface area contributed by atoms with Crippen LogP contribution < -0.4 is 5.32 Å². The molecule has 1 aliphatic rings. The highest BCUT2D eigenvalue weighted by molar-refractivity contribution is 8.18. The summed E-state index contributed by atoms with van der Waals surface area (Å²) in [4.78, 5) is 52.7. The fourth-order valence-electron chi connectivity index (χ4n) is 3.00. The zero-order chi connectivity index (χ0) is 24.2. The molecule has 0 bridgehead atoms. The fraction of sp³-hybridized carbons (Fsp3) is 0.0952. The summed E-state index contributed by atoms with van der Waals surface area (Å²) >= 11 is 6.50. The van der Waals surface area contributed by atoms with Crippen LogP contribution >= 0.6 is 23.4 Å². The third kappa shape index (κ3) is 4.97. The molecule has 1 saturated heterocycles. The Kier molecular flexibility index (Phi) is 6.70. The lowest BCUT2D eigenvalue weighted by atomic mass is 10.2. The van der Waals surface area contributed by atoms with E-state index < -0.39 is 22.0 Å². The Hall–Kier alpha value is -4.03. The van der Waals surface area contributed by atoms with Gasteiger partial charge in [0.15, 0.2) is 11.5 Å². The quantitative estimate of drug-likeness (QED) is 0.291. The van der Waals surface area contributed by atoms with Gasteiger partial charge in [0, 0.05) is 43.2 Å². The van der Waals surface area contributed by atoms with Crippen molar-refractivity contribution in [2.24, 2.45) is 0 Å². The van der Waals surface area contributed by atoms with Gasteiger partial charge in [-0.3, -0.25) is 34.4 Å². The highest BCUT2D eigenvalue weighted by atomic mass is 35.5. The Morgan fingerprint density at radius 1 is 1.29 bits per heavy atom. The number of aromatic nitrogens is 2. The Morgan fingerprint density at radius 3 is 2.85 bits per heavy atom. The monoisotopic (exact) mass is 499 g/mol. The number of nitrogens with one attached hydrogen (secondary N) is 1. The lowest BCUT2D eigenvalue weighted by Gasteiger charge is -2.12. The normalized spacial score (nSPS) is 14.6. The fourth-order valence-corrected chi connectivity index (χ4v) is 4.05. The molecule has 34 heavy (non-hydrogen) atoms. The van der Waals surface area contributed by atoms with Crippen molar-refractivity contribution in [2.45, 2.75) is 0 Å². The first kappa shape index (κ1) is 23.1. The maximum Gasteiger partial charge on any atom is 0.293 e. The molecule has 3 aromatic rings. The van der Waals surface area contributed by atoms with Crippen molar-refractivity contribution in [3.8, 4) is 11.3 Å². The predicted molar refractivity (Wildman–Crippen MR) is 123 cm³/mol. The second kappa shape index (κ2) is 9.85. The summed E-state index contributed by atoms with van der Waals surface area (Å²) in [6.07, 6.45) is 4.55. The van der Waals surface area contributed by atoms with E-state index in [1.165, 1.54) is 30.3 Å². The first-order valence-electron chi connectivity index (χ1n) is 9.68. The van der Waals surface area contributed by atoms with E-state index in [2.05, 4.69) is 15.5 Å². The molecule has 1 aromatic carbocycles. The number of hydrogen-bond donors (Lipinski definition) is 1. The minimum atomic E-state index is -0.636. The van der Waals surface area contributed by atoms with Gasteiger partial charge < -0.3 is 9.84 Å². The first-order valence-corrected chi connectivity index (χ1v) is 10.9. The minimum Gasteiger partial charge on any atom is -0.355 e. The molecule has 0 radical (unpaired) electrons. The maximum absolute atomic E-state index is 12.6. The molecule has 4 rings (SSSR count). The van der Waals surface area contributed by atoms with Crippen molar-refractivity contribution in [2.75, 3.05) is 13.1 Å². The van der Waals surface area contributed by atoms with E-state index in [1.807, 2.05) is 0 Å². The number of pyridine rings is 1. The Balaban J connectivity index is 1.36. The summed E-state index contributed by atoms with van der Waals surface area (Å²) in [5, 5.41) is 16.8. The van der Waals surface area contributed by atoms with Gasteiger partial charge in [-0.15, -0.1) is 0 Å². The van der Waals surface area contributed by atoms with Crippen LogP contribution in [0.2, 0.25) is 5.02 Å². The van der Waals surface area contributed by atoms with E-state index in [-0.39, 0.29) is 34.4 Å². The smallest absolute Gasteiger partial charge is 0.293 e. The lowest BCUT2D eigenvalue weighted by molar-refractivity contribution is -0.384. The van der Waals surface area contributed by atoms with E-state index in [9.17, 15) is 24.5 Å². The number of carbonyl (C=O) groups is 3. The number of thioether (sulfide) groups is 1. The molecule has 1 N–H and O–H groups in total. The van der Waals surface area contributed by atoms with Crippen LogP contribution in [0.25, 0.3) is 17.4 Å². The third-order valence-electron chi connectivity index (χ3n) is 4.65. The van der Waals surface area contributed by atoms with Gasteiger partial charge in [0.1, 0.15) is 5.02 Å². The van der Waals surface area contributed by atoms with Gasteiger partial charge in [0.05, 0.1) is 9.83 Å². The summed E-state index contributed by atoms with van der Waals surface area (Å²) in [7, 11) is 0. The number of hydrogen-bond acceptors (Lipinski definition) is 9. The molecular formula is C21H14ClN5O6S. The molecule has 0 saturated carbocycles. The topological polar surface area (TPSA) is 149 Å². The number of halogens is 1. The van der Waals surface area contributed by atoms with E-state index >= 15 is 0 Å². The van der Waals surface area contributed by atoms with E-state index in [0.717, 1.165) is 4.90 Å². The Labute approximate surface area is 200 Å². The molecule has 1 aliphatic heterocycles. The average Bonchev–Trinajstić information content (AvgIpc) is 3.42. The number of amides is 3. The van der Waals surface area contributed by atoms with E-state index in [0.29, 0.717) is 28.6 Å². The molecule has 3 heterocycles. The van der Waals surface area contributed by atoms with Gasteiger partial charge >= 0.3 is 0 Å². The van der Waals surface area contributed by atoms with Gasteiger partial charge in [-0.1, -0.05) is 22.8 Å². The minimum absolute atomic E-state index is 0.00828. The first-order chi connectivity index (χ1) is 16.3. The van der Waals surface area contributed by atoms with Gasteiger partial charge in [0.2, 0.25) is 0 Å². The SMILES string of the molecule is O=C(NCCN1C(=O)S/C(=C\c2ccc(Cl)c([N+](=O)[O-])c2)C1=O)c1cc(-c2cccnc2)on1. The summed E-state index contributed by atoms with van der Waals surface area (Å²) in [6, 6.07) is 8.99. The number of rotatable bonds is 7. The summed E-state index contributed by atoms with van der Waals surface area (Å²) < 4.78 is 5.16. The second-order valence-corrected chi connectivity index (χ2v) is 8.28. The van der Waals surface area contributed by atoms with Gasteiger partial charge in [-0.2, -0.15) is 0 Å². The number of benzene rings is 1. The predicted octanol–water partition coefficient (Wildman–Crippen LogP) is 3.76. The maximum atomic E-state index is 12.6. The molecule has 1 fully saturated rings. The third-order valence-corrected chi connectivity index (χ3v) is 5.88. The van der Waals surface area contributed by atoms with Crippen molar-refractivity contribution in [3.05, 3.63) is 80.1 Å². The molecule has 2 aromatic heterocycles. The van der Waals surface area contributed by atoms with Crippen LogP contribution in [0.4, 0.5) is 10.5 Å². The van der Waals surface area contributed by atoms with Crippen molar-refractivity contribution in [1.29, 1.82) is 0 Å². The lowest BCUT2D eigenvalue weighted by Crippen LogP contribution is -2.37. The van der Waals surface area contributed by atoms with Crippen LogP contribution in [0.1, 0.15) is 16.1 Å². The average molecular weight is 500 g/mol. The number of imide groups is 1. The highest BCUT2D eigenvalue weighted by Crippen LogP contribution is 2.33. The molecule has 172 valence electrons. The van der Waals surface area contributed by atoms with Crippen LogP contribution in [0.3, 0.4) is 0 Å². The van der Waals surface area contributed by atoms with E-state index in [1.54, 1.807) is 24.5 Å². The van der Waals surface area contributed by atoms with Crippen LogP contribution in [-0.4, -0.2) is 50.1 Å². The van der Waals surface area contributed by atoms with Crippen molar-refractivity contribution >= 4 is 52.2 Å². The zero-order valence-electron chi connectivity index (χ0n) is 17.1. The summed E-state index contributed by atoms with van der Waals surface area (Å²) in [5.74, 6) is -0.728. The number of nitro benzene ring substituents is 1. The van der Waals surface area contributed by atoms with Crippen molar-refractivity contribution in [1.82, 2.24) is 20.4 Å². The molecule has 0 unspecified atom stereocenters. The molecule has 0 atom stereocenters. The van der Waals surface area contributed by atoms with Crippen LogP contribution in [0, 0.1) is 10.1 Å². The Morgan fingerprint density at radius 2 is 2.12 bits per heavy atom. The molecule has 0 aliphatic carbocycles. The van der Waals surface area contributed by atoms with Crippen LogP contribution in [-0.2, 0) is 4.79 Å².